The highest BCUT2D eigenvalue weighted by atomic mass is 16.4. The number of rotatable bonds is 6. The summed E-state index contributed by atoms with van der Waals surface area (Å²) in [6, 6.07) is 7.92. The van der Waals surface area contributed by atoms with Gasteiger partial charge in [-0.2, -0.15) is 5.10 Å². The number of carbonyl (C=O) groups excluding carboxylic acids is 1. The van der Waals surface area contributed by atoms with Crippen LogP contribution in [0.3, 0.4) is 0 Å². The molecular weight excluding hydrogens is 346 g/mol. The zero-order chi connectivity index (χ0) is 18.8. The van der Waals surface area contributed by atoms with Gasteiger partial charge in [-0.05, 0) is 48.9 Å². The van der Waals surface area contributed by atoms with E-state index in [0.717, 1.165) is 36.9 Å². The minimum Gasteiger partial charge on any atom is -0.408 e. The number of nitrogens with zero attached hydrogens (tertiary/aromatic N) is 2. The number of amides is 1. The summed E-state index contributed by atoms with van der Waals surface area (Å²) in [5.41, 5.74) is 3.03. The van der Waals surface area contributed by atoms with Gasteiger partial charge in [-0.1, -0.05) is 6.07 Å². The first-order chi connectivity index (χ1) is 13.1. The average Bonchev–Trinajstić information content (AvgIpc) is 3.40. The van der Waals surface area contributed by atoms with E-state index in [4.69, 9.17) is 4.42 Å². The monoisotopic (exact) mass is 369 g/mol. The van der Waals surface area contributed by atoms with Crippen molar-refractivity contribution in [3.63, 3.8) is 0 Å². The molecule has 3 N–H and O–H groups in total. The van der Waals surface area contributed by atoms with Crippen LogP contribution in [0.1, 0.15) is 35.3 Å². The van der Waals surface area contributed by atoms with Crippen LogP contribution in [-0.4, -0.2) is 33.3 Å². The predicted molar refractivity (Wildman–Crippen MR) is 100 cm³/mol. The SMILES string of the molecule is Cn1c(=O)oc2ccc(CN[C@@H]3CC[C@H](CNC(=O)c4ccn[nH]4)C3)cc21. The van der Waals surface area contributed by atoms with Crippen LogP contribution >= 0.6 is 0 Å². The van der Waals surface area contributed by atoms with E-state index >= 15 is 0 Å². The fourth-order valence-electron chi connectivity index (χ4n) is 3.70. The molecular formula is C19H23N5O3. The molecule has 1 aromatic carbocycles. The second kappa shape index (κ2) is 7.40. The number of hydrogen-bond acceptors (Lipinski definition) is 5. The highest BCUT2D eigenvalue weighted by Gasteiger charge is 2.24. The molecule has 8 heteroatoms. The number of aromatic amines is 1. The first-order valence-electron chi connectivity index (χ1n) is 9.19. The Morgan fingerprint density at radius 3 is 3.07 bits per heavy atom. The summed E-state index contributed by atoms with van der Waals surface area (Å²) in [5, 5.41) is 13.0. The predicted octanol–water partition coefficient (Wildman–Crippen LogP) is 1.54. The second-order valence-corrected chi connectivity index (χ2v) is 7.17. The van der Waals surface area contributed by atoms with Crippen LogP contribution < -0.4 is 16.4 Å². The van der Waals surface area contributed by atoms with Crippen LogP contribution in [0.15, 0.2) is 39.7 Å². The summed E-state index contributed by atoms with van der Waals surface area (Å²) in [6.07, 6.45) is 4.80. The van der Waals surface area contributed by atoms with Crippen molar-refractivity contribution in [3.05, 3.63) is 52.3 Å². The molecule has 2 aromatic heterocycles. The van der Waals surface area contributed by atoms with Gasteiger partial charge in [0, 0.05) is 32.4 Å². The Hall–Kier alpha value is -2.87. The van der Waals surface area contributed by atoms with Crippen molar-refractivity contribution in [2.45, 2.75) is 31.8 Å². The Balaban J connectivity index is 1.27. The molecule has 0 radical (unpaired) electrons. The van der Waals surface area contributed by atoms with Gasteiger partial charge in [-0.3, -0.25) is 14.5 Å². The Labute approximate surface area is 155 Å². The van der Waals surface area contributed by atoms with E-state index in [1.54, 1.807) is 19.3 Å². The molecule has 2 atom stereocenters. The van der Waals surface area contributed by atoms with E-state index in [1.165, 1.54) is 4.57 Å². The minimum absolute atomic E-state index is 0.108. The second-order valence-electron chi connectivity index (χ2n) is 7.17. The van der Waals surface area contributed by atoms with Crippen molar-refractivity contribution in [3.8, 4) is 0 Å². The van der Waals surface area contributed by atoms with Gasteiger partial charge in [0.05, 0.1) is 5.52 Å². The van der Waals surface area contributed by atoms with Crippen LogP contribution in [0.5, 0.6) is 0 Å². The smallest absolute Gasteiger partial charge is 0.408 e. The molecule has 0 aliphatic heterocycles. The molecule has 2 heterocycles. The third-order valence-corrected chi connectivity index (χ3v) is 5.29. The molecule has 0 spiro atoms. The third kappa shape index (κ3) is 3.80. The van der Waals surface area contributed by atoms with E-state index < -0.39 is 0 Å². The maximum absolute atomic E-state index is 12.0. The van der Waals surface area contributed by atoms with Crippen molar-refractivity contribution in [1.82, 2.24) is 25.4 Å². The number of H-pyrrole nitrogens is 1. The van der Waals surface area contributed by atoms with E-state index in [1.807, 2.05) is 18.2 Å². The molecule has 4 rings (SSSR count). The number of aromatic nitrogens is 3. The van der Waals surface area contributed by atoms with Crippen molar-refractivity contribution >= 4 is 17.0 Å². The zero-order valence-electron chi connectivity index (χ0n) is 15.2. The fraction of sp³-hybridized carbons (Fsp3) is 0.421. The zero-order valence-corrected chi connectivity index (χ0v) is 15.2. The molecule has 0 unspecified atom stereocenters. The van der Waals surface area contributed by atoms with Crippen LogP contribution in [-0.2, 0) is 13.6 Å². The maximum Gasteiger partial charge on any atom is 0.419 e. The first kappa shape index (κ1) is 17.5. The topological polar surface area (TPSA) is 105 Å². The van der Waals surface area contributed by atoms with Crippen LogP contribution in [0.4, 0.5) is 0 Å². The highest BCUT2D eigenvalue weighted by Crippen LogP contribution is 2.25. The maximum atomic E-state index is 12.0. The molecule has 27 heavy (non-hydrogen) atoms. The van der Waals surface area contributed by atoms with E-state index in [9.17, 15) is 9.59 Å². The van der Waals surface area contributed by atoms with Gasteiger partial charge in [0.15, 0.2) is 5.58 Å². The lowest BCUT2D eigenvalue weighted by molar-refractivity contribution is 0.0942. The molecule has 0 bridgehead atoms. The normalized spacial score (nSPS) is 19.6. The first-order valence-corrected chi connectivity index (χ1v) is 9.19. The summed E-state index contributed by atoms with van der Waals surface area (Å²) >= 11 is 0. The van der Waals surface area contributed by atoms with Crippen molar-refractivity contribution in [1.29, 1.82) is 0 Å². The number of aryl methyl sites for hydroxylation is 1. The van der Waals surface area contributed by atoms with Gasteiger partial charge in [0.1, 0.15) is 5.69 Å². The van der Waals surface area contributed by atoms with Crippen LogP contribution in [0.2, 0.25) is 0 Å². The lowest BCUT2D eigenvalue weighted by atomic mass is 10.1. The van der Waals surface area contributed by atoms with Gasteiger partial charge in [0.25, 0.3) is 5.91 Å². The van der Waals surface area contributed by atoms with Gasteiger partial charge >= 0.3 is 5.76 Å². The summed E-state index contributed by atoms with van der Waals surface area (Å²) in [4.78, 5) is 23.5. The van der Waals surface area contributed by atoms with E-state index in [-0.39, 0.29) is 11.7 Å². The number of benzene rings is 1. The molecule has 1 fully saturated rings. The molecule has 8 nitrogen and oxygen atoms in total. The average molecular weight is 369 g/mol. The summed E-state index contributed by atoms with van der Waals surface area (Å²) in [5.74, 6) is 0.0282. The summed E-state index contributed by atoms with van der Waals surface area (Å²) < 4.78 is 6.69. The molecule has 1 aliphatic carbocycles. The van der Waals surface area contributed by atoms with E-state index in [2.05, 4.69) is 20.8 Å². The number of carbonyl (C=O) groups is 1. The number of fused-ring (bicyclic) bond motifs is 1. The minimum atomic E-state index is -0.342. The van der Waals surface area contributed by atoms with Crippen molar-refractivity contribution < 1.29 is 9.21 Å². The quantitative estimate of drug-likeness (QED) is 0.611. The van der Waals surface area contributed by atoms with Gasteiger partial charge < -0.3 is 15.1 Å². The number of hydrogen-bond donors (Lipinski definition) is 3. The highest BCUT2D eigenvalue weighted by molar-refractivity contribution is 5.92. The van der Waals surface area contributed by atoms with Gasteiger partial charge in [-0.25, -0.2) is 4.79 Å². The Bertz CT molecular complexity index is 989. The van der Waals surface area contributed by atoms with Crippen LogP contribution in [0, 0.1) is 5.92 Å². The van der Waals surface area contributed by atoms with E-state index in [0.29, 0.717) is 29.8 Å². The Morgan fingerprint density at radius 2 is 2.26 bits per heavy atom. The standard InChI is InChI=1S/C19H23N5O3/c1-24-16-9-13(3-5-17(16)27-19(24)26)10-20-14-4-2-12(8-14)11-21-18(25)15-6-7-22-23-15/h3,5-7,9,12,14,20H,2,4,8,10-11H2,1H3,(H,21,25)(H,22,23)/t12-,14+/m0/s1. The summed E-state index contributed by atoms with van der Waals surface area (Å²) in [7, 11) is 1.71. The Kier molecular flexibility index (Phi) is 4.81. The fourth-order valence-corrected chi connectivity index (χ4v) is 3.70. The lowest BCUT2D eigenvalue weighted by Crippen LogP contribution is -2.30. The van der Waals surface area contributed by atoms with Crippen molar-refractivity contribution in [2.75, 3.05) is 6.54 Å². The Morgan fingerprint density at radius 1 is 1.37 bits per heavy atom. The molecule has 1 aliphatic rings. The van der Waals surface area contributed by atoms with Gasteiger partial charge in [-0.15, -0.1) is 0 Å². The van der Waals surface area contributed by atoms with Crippen LogP contribution in [0.25, 0.3) is 11.1 Å². The van der Waals surface area contributed by atoms with Gasteiger partial charge in [0.2, 0.25) is 0 Å². The molecule has 0 saturated heterocycles. The van der Waals surface area contributed by atoms with Crippen molar-refractivity contribution in [2.24, 2.45) is 13.0 Å². The molecule has 1 amide bonds. The largest absolute Gasteiger partial charge is 0.419 e. The molecule has 1 saturated carbocycles. The molecule has 3 aromatic rings. The third-order valence-electron chi connectivity index (χ3n) is 5.29. The number of oxazole rings is 1. The number of nitrogens with one attached hydrogen (secondary N) is 3. The summed E-state index contributed by atoms with van der Waals surface area (Å²) in [6.45, 7) is 1.42. The molecule has 142 valence electrons. The lowest BCUT2D eigenvalue weighted by Gasteiger charge is -2.14.